The molecule has 1 aromatic rings. The van der Waals surface area contributed by atoms with Gasteiger partial charge in [0.1, 0.15) is 5.75 Å². The smallest absolute Gasteiger partial charge is 0.124 e. The molecule has 17 heavy (non-hydrogen) atoms. The highest BCUT2D eigenvalue weighted by Gasteiger charge is 2.52. The summed E-state index contributed by atoms with van der Waals surface area (Å²) < 4.78 is 5.44. The van der Waals surface area contributed by atoms with Crippen molar-refractivity contribution in [1.29, 1.82) is 0 Å². The van der Waals surface area contributed by atoms with Gasteiger partial charge >= 0.3 is 0 Å². The number of aliphatic hydroxyl groups is 1. The van der Waals surface area contributed by atoms with Gasteiger partial charge in [-0.1, -0.05) is 13.0 Å². The molecular formula is C15H22O2. The number of aliphatic hydroxyl groups excluding tert-OH is 1. The molecule has 2 atom stereocenters. The lowest BCUT2D eigenvalue weighted by atomic mass is 9.86. The Morgan fingerprint density at radius 1 is 1.35 bits per heavy atom. The second kappa shape index (κ2) is 4.02. The van der Waals surface area contributed by atoms with Crippen molar-refractivity contribution in [2.24, 2.45) is 5.92 Å². The minimum absolute atomic E-state index is 0.00583. The molecule has 1 saturated carbocycles. The van der Waals surface area contributed by atoms with Crippen LogP contribution in [0.3, 0.4) is 0 Å². The number of rotatable bonds is 3. The topological polar surface area (TPSA) is 29.5 Å². The van der Waals surface area contributed by atoms with Crippen LogP contribution in [0, 0.1) is 26.7 Å². The number of hydrogen-bond acceptors (Lipinski definition) is 2. The lowest BCUT2D eigenvalue weighted by Gasteiger charge is -2.21. The summed E-state index contributed by atoms with van der Waals surface area (Å²) in [5.74, 6) is 1.56. The number of aryl methyl sites for hydroxylation is 1. The SMILES string of the molecule is COc1c(C)cc(C2(CO)CC2C)c(C)c1C. The highest BCUT2D eigenvalue weighted by Crippen LogP contribution is 2.55. The van der Waals surface area contributed by atoms with Crippen LogP contribution in [0.25, 0.3) is 0 Å². The van der Waals surface area contributed by atoms with Gasteiger partial charge in [0.05, 0.1) is 13.7 Å². The van der Waals surface area contributed by atoms with Crippen molar-refractivity contribution in [2.75, 3.05) is 13.7 Å². The van der Waals surface area contributed by atoms with E-state index < -0.39 is 0 Å². The lowest BCUT2D eigenvalue weighted by Crippen LogP contribution is -2.17. The van der Waals surface area contributed by atoms with Gasteiger partial charge in [0.2, 0.25) is 0 Å². The van der Waals surface area contributed by atoms with E-state index in [-0.39, 0.29) is 12.0 Å². The third-order valence-corrected chi connectivity index (χ3v) is 4.50. The third kappa shape index (κ3) is 1.66. The van der Waals surface area contributed by atoms with Crippen molar-refractivity contribution in [3.63, 3.8) is 0 Å². The first-order chi connectivity index (χ1) is 7.97. The van der Waals surface area contributed by atoms with E-state index in [4.69, 9.17) is 4.74 Å². The molecule has 0 saturated heterocycles. The fourth-order valence-electron chi connectivity index (χ4n) is 3.06. The summed E-state index contributed by atoms with van der Waals surface area (Å²) in [6.45, 7) is 8.77. The number of methoxy groups -OCH3 is 1. The van der Waals surface area contributed by atoms with Crippen LogP contribution in [0.2, 0.25) is 0 Å². The number of hydrogen-bond donors (Lipinski definition) is 1. The maximum absolute atomic E-state index is 9.68. The van der Waals surface area contributed by atoms with Crippen molar-refractivity contribution in [3.05, 3.63) is 28.3 Å². The summed E-state index contributed by atoms with van der Waals surface area (Å²) >= 11 is 0. The lowest BCUT2D eigenvalue weighted by molar-refractivity contribution is 0.246. The van der Waals surface area contributed by atoms with Crippen LogP contribution in [0.5, 0.6) is 5.75 Å². The molecule has 1 aliphatic rings. The monoisotopic (exact) mass is 234 g/mol. The van der Waals surface area contributed by atoms with Gasteiger partial charge < -0.3 is 9.84 Å². The van der Waals surface area contributed by atoms with Crippen LogP contribution >= 0.6 is 0 Å². The molecular weight excluding hydrogens is 212 g/mol. The van der Waals surface area contributed by atoms with E-state index in [2.05, 4.69) is 33.8 Å². The predicted octanol–water partition coefficient (Wildman–Crippen LogP) is 2.89. The summed E-state index contributed by atoms with van der Waals surface area (Å²) in [6.07, 6.45) is 1.09. The Bertz CT molecular complexity index is 447. The van der Waals surface area contributed by atoms with Crippen molar-refractivity contribution in [3.8, 4) is 5.75 Å². The van der Waals surface area contributed by atoms with Crippen LogP contribution in [0.1, 0.15) is 35.6 Å². The Morgan fingerprint density at radius 2 is 1.94 bits per heavy atom. The Balaban J connectivity index is 2.58. The zero-order chi connectivity index (χ0) is 12.8. The Hall–Kier alpha value is -1.02. The maximum Gasteiger partial charge on any atom is 0.124 e. The fourth-order valence-corrected chi connectivity index (χ4v) is 3.06. The second-order valence-corrected chi connectivity index (χ2v) is 5.44. The summed E-state index contributed by atoms with van der Waals surface area (Å²) in [5.41, 5.74) is 4.95. The van der Waals surface area contributed by atoms with Gasteiger partial charge in [-0.25, -0.2) is 0 Å². The van der Waals surface area contributed by atoms with Gasteiger partial charge in [-0.3, -0.25) is 0 Å². The molecule has 1 aliphatic carbocycles. The fraction of sp³-hybridized carbons (Fsp3) is 0.600. The highest BCUT2D eigenvalue weighted by molar-refractivity contribution is 5.53. The van der Waals surface area contributed by atoms with E-state index in [1.165, 1.54) is 16.7 Å². The van der Waals surface area contributed by atoms with Gasteiger partial charge in [-0.05, 0) is 55.4 Å². The van der Waals surface area contributed by atoms with Gasteiger partial charge in [0.15, 0.2) is 0 Å². The molecule has 0 radical (unpaired) electrons. The molecule has 1 aromatic carbocycles. The predicted molar refractivity (Wildman–Crippen MR) is 69.7 cm³/mol. The molecule has 94 valence electrons. The molecule has 0 bridgehead atoms. The van der Waals surface area contributed by atoms with Gasteiger partial charge in [-0.2, -0.15) is 0 Å². The van der Waals surface area contributed by atoms with E-state index >= 15 is 0 Å². The number of benzene rings is 1. The van der Waals surface area contributed by atoms with Crippen LogP contribution in [-0.2, 0) is 5.41 Å². The summed E-state index contributed by atoms with van der Waals surface area (Å²) in [4.78, 5) is 0. The standard InChI is InChI=1S/C15H22O2/c1-9-6-13(15(8-16)7-10(15)2)11(3)12(4)14(9)17-5/h6,10,16H,7-8H2,1-5H3. The Morgan fingerprint density at radius 3 is 2.35 bits per heavy atom. The molecule has 2 rings (SSSR count). The average molecular weight is 234 g/mol. The molecule has 2 unspecified atom stereocenters. The molecule has 1 fully saturated rings. The second-order valence-electron chi connectivity index (χ2n) is 5.44. The Labute approximate surface area is 104 Å². The van der Waals surface area contributed by atoms with E-state index in [1.807, 2.05) is 0 Å². The van der Waals surface area contributed by atoms with Crippen LogP contribution in [-0.4, -0.2) is 18.8 Å². The largest absolute Gasteiger partial charge is 0.496 e. The highest BCUT2D eigenvalue weighted by atomic mass is 16.5. The van der Waals surface area contributed by atoms with E-state index in [0.717, 1.165) is 17.7 Å². The van der Waals surface area contributed by atoms with Gasteiger partial charge in [0, 0.05) is 5.41 Å². The van der Waals surface area contributed by atoms with Crippen molar-refractivity contribution in [2.45, 2.75) is 39.5 Å². The van der Waals surface area contributed by atoms with Crippen molar-refractivity contribution < 1.29 is 9.84 Å². The third-order valence-electron chi connectivity index (χ3n) is 4.50. The maximum atomic E-state index is 9.68. The van der Waals surface area contributed by atoms with Crippen molar-refractivity contribution >= 4 is 0 Å². The normalized spacial score (nSPS) is 27.1. The molecule has 0 aromatic heterocycles. The number of ether oxygens (including phenoxy) is 1. The first-order valence-electron chi connectivity index (χ1n) is 6.24. The van der Waals surface area contributed by atoms with Crippen molar-refractivity contribution in [1.82, 2.24) is 0 Å². The van der Waals surface area contributed by atoms with E-state index in [9.17, 15) is 5.11 Å². The van der Waals surface area contributed by atoms with Crippen LogP contribution in [0.15, 0.2) is 6.07 Å². The Kier molecular flexibility index (Phi) is 2.94. The molecule has 0 aliphatic heterocycles. The quantitative estimate of drug-likeness (QED) is 0.871. The summed E-state index contributed by atoms with van der Waals surface area (Å²) in [5, 5.41) is 9.68. The summed E-state index contributed by atoms with van der Waals surface area (Å²) in [7, 11) is 1.72. The van der Waals surface area contributed by atoms with E-state index in [1.54, 1.807) is 7.11 Å². The molecule has 0 spiro atoms. The molecule has 0 heterocycles. The first-order valence-corrected chi connectivity index (χ1v) is 6.24. The van der Waals surface area contributed by atoms with E-state index in [0.29, 0.717) is 5.92 Å². The molecule has 2 nitrogen and oxygen atoms in total. The summed E-state index contributed by atoms with van der Waals surface area (Å²) in [6, 6.07) is 2.20. The van der Waals surface area contributed by atoms with Gasteiger partial charge in [-0.15, -0.1) is 0 Å². The van der Waals surface area contributed by atoms with Crippen LogP contribution < -0.4 is 4.74 Å². The average Bonchev–Trinajstić information content (AvgIpc) is 2.96. The van der Waals surface area contributed by atoms with Gasteiger partial charge in [0.25, 0.3) is 0 Å². The molecule has 2 heteroatoms. The minimum Gasteiger partial charge on any atom is -0.496 e. The minimum atomic E-state index is 0.00583. The zero-order valence-electron chi connectivity index (χ0n) is 11.4. The first kappa shape index (κ1) is 12.4. The zero-order valence-corrected chi connectivity index (χ0v) is 11.4. The molecule has 1 N–H and O–H groups in total. The molecule has 0 amide bonds. The van der Waals surface area contributed by atoms with Crippen LogP contribution in [0.4, 0.5) is 0 Å².